The van der Waals surface area contributed by atoms with Crippen molar-refractivity contribution in [3.05, 3.63) is 105 Å². The lowest BCUT2D eigenvalue weighted by molar-refractivity contribution is -0.112. The van der Waals surface area contributed by atoms with E-state index in [1.807, 2.05) is 6.07 Å². The molecule has 1 amide bonds. The fourth-order valence-electron chi connectivity index (χ4n) is 3.26. The largest absolute Gasteiger partial charge is 0.493 e. The van der Waals surface area contributed by atoms with Gasteiger partial charge in [-0.2, -0.15) is 5.26 Å². The predicted octanol–water partition coefficient (Wildman–Crippen LogP) is 6.99. The van der Waals surface area contributed by atoms with Crippen LogP contribution in [0.2, 0.25) is 10.0 Å². The summed E-state index contributed by atoms with van der Waals surface area (Å²) in [5.74, 6) is -0.245. The number of allylic oxidation sites excluding steroid dienone is 1. The fourth-order valence-corrected chi connectivity index (χ4v) is 3.61. The minimum atomic E-state index is -0.652. The van der Waals surface area contributed by atoms with Crippen molar-refractivity contribution < 1.29 is 18.7 Å². The Balaban J connectivity index is 1.93. The SMILES string of the molecule is C=CCc1cc(/C=C(/C#N)C(=O)Nc2cccc(Cl)c2Cl)cc(OC)c1OCc1ccccc1F. The minimum absolute atomic E-state index is 0.00535. The highest BCUT2D eigenvalue weighted by Crippen LogP contribution is 2.35. The summed E-state index contributed by atoms with van der Waals surface area (Å²) in [5.41, 5.74) is 1.74. The van der Waals surface area contributed by atoms with Crippen LogP contribution in [0.25, 0.3) is 6.08 Å². The molecule has 0 spiro atoms. The lowest BCUT2D eigenvalue weighted by atomic mass is 10.0. The van der Waals surface area contributed by atoms with Gasteiger partial charge >= 0.3 is 0 Å². The number of carbonyl (C=O) groups is 1. The van der Waals surface area contributed by atoms with E-state index in [0.29, 0.717) is 34.6 Å². The lowest BCUT2D eigenvalue weighted by Gasteiger charge is -2.16. The van der Waals surface area contributed by atoms with E-state index in [4.69, 9.17) is 32.7 Å². The third-order valence-corrected chi connectivity index (χ3v) is 5.76. The molecule has 0 saturated carbocycles. The Bertz CT molecular complexity index is 1330. The molecule has 35 heavy (non-hydrogen) atoms. The van der Waals surface area contributed by atoms with Crippen molar-refractivity contribution in [2.45, 2.75) is 13.0 Å². The molecule has 8 heteroatoms. The number of halogens is 3. The van der Waals surface area contributed by atoms with E-state index in [0.717, 1.165) is 0 Å². The summed E-state index contributed by atoms with van der Waals surface area (Å²) in [6.45, 7) is 3.77. The molecular weight excluding hydrogens is 490 g/mol. The molecule has 0 atom stereocenters. The van der Waals surface area contributed by atoms with Gasteiger partial charge in [0.25, 0.3) is 5.91 Å². The van der Waals surface area contributed by atoms with E-state index in [2.05, 4.69) is 11.9 Å². The number of benzene rings is 3. The Hall–Kier alpha value is -3.79. The summed E-state index contributed by atoms with van der Waals surface area (Å²) in [6, 6.07) is 16.4. The second kappa shape index (κ2) is 12.1. The number of methoxy groups -OCH3 is 1. The highest BCUT2D eigenvalue weighted by Gasteiger charge is 2.16. The number of rotatable bonds is 9. The van der Waals surface area contributed by atoms with Crippen LogP contribution in [-0.4, -0.2) is 13.0 Å². The van der Waals surface area contributed by atoms with Gasteiger partial charge in [0.2, 0.25) is 0 Å². The van der Waals surface area contributed by atoms with Crippen LogP contribution >= 0.6 is 23.2 Å². The average molecular weight is 511 g/mol. The third-order valence-electron chi connectivity index (χ3n) is 4.94. The van der Waals surface area contributed by atoms with Gasteiger partial charge in [0.15, 0.2) is 11.5 Å². The Kier molecular flexibility index (Phi) is 8.91. The molecule has 5 nitrogen and oxygen atoms in total. The van der Waals surface area contributed by atoms with E-state index < -0.39 is 5.91 Å². The van der Waals surface area contributed by atoms with E-state index in [9.17, 15) is 14.4 Å². The summed E-state index contributed by atoms with van der Waals surface area (Å²) < 4.78 is 25.4. The van der Waals surface area contributed by atoms with Gasteiger partial charge in [-0.05, 0) is 48.4 Å². The van der Waals surface area contributed by atoms with Crippen LogP contribution in [0, 0.1) is 17.1 Å². The highest BCUT2D eigenvalue weighted by molar-refractivity contribution is 6.44. The van der Waals surface area contributed by atoms with Crippen molar-refractivity contribution in [2.24, 2.45) is 0 Å². The van der Waals surface area contributed by atoms with Crippen molar-refractivity contribution in [1.29, 1.82) is 5.26 Å². The van der Waals surface area contributed by atoms with Gasteiger partial charge in [-0.25, -0.2) is 4.39 Å². The fraction of sp³-hybridized carbons (Fsp3) is 0.111. The van der Waals surface area contributed by atoms with Gasteiger partial charge in [-0.1, -0.05) is 53.5 Å². The first-order valence-electron chi connectivity index (χ1n) is 10.4. The van der Waals surface area contributed by atoms with Gasteiger partial charge in [-0.15, -0.1) is 6.58 Å². The van der Waals surface area contributed by atoms with Gasteiger partial charge in [0, 0.05) is 11.1 Å². The number of hydrogen-bond acceptors (Lipinski definition) is 4. The average Bonchev–Trinajstić information content (AvgIpc) is 2.85. The second-order valence-electron chi connectivity index (χ2n) is 7.31. The number of amides is 1. The number of nitrogens with zero attached hydrogens (tertiary/aromatic N) is 1. The Morgan fingerprint density at radius 3 is 2.63 bits per heavy atom. The quantitative estimate of drug-likeness (QED) is 0.191. The summed E-state index contributed by atoms with van der Waals surface area (Å²) in [4.78, 5) is 12.7. The number of anilines is 1. The maximum absolute atomic E-state index is 14.0. The van der Waals surface area contributed by atoms with Gasteiger partial charge in [0.05, 0.1) is 22.8 Å². The number of ether oxygens (including phenoxy) is 2. The minimum Gasteiger partial charge on any atom is -0.493 e. The molecule has 0 aliphatic rings. The molecule has 3 rings (SSSR count). The summed E-state index contributed by atoms with van der Waals surface area (Å²) in [6.07, 6.45) is 3.51. The zero-order chi connectivity index (χ0) is 25.4. The molecule has 0 saturated heterocycles. The molecule has 0 aliphatic heterocycles. The Labute approximate surface area is 213 Å². The molecular formula is C27H21Cl2FN2O3. The van der Waals surface area contributed by atoms with Crippen molar-refractivity contribution in [1.82, 2.24) is 0 Å². The predicted molar refractivity (Wildman–Crippen MR) is 136 cm³/mol. The topological polar surface area (TPSA) is 71.4 Å². The molecule has 1 N–H and O–H groups in total. The molecule has 3 aromatic carbocycles. The number of nitrogens with one attached hydrogen (secondary N) is 1. The maximum atomic E-state index is 14.0. The molecule has 3 aromatic rings. The standard InChI is InChI=1S/C27H21Cl2FN2O3/c1-3-7-18-12-17(13-20(15-31)27(33)32-23-11-6-9-21(28)25(23)29)14-24(34-2)26(18)35-16-19-8-4-5-10-22(19)30/h3-6,8-14H,1,7,16H2,2H3,(H,32,33)/b20-13-. The van der Waals surface area contributed by atoms with Crippen LogP contribution in [0.3, 0.4) is 0 Å². The smallest absolute Gasteiger partial charge is 0.266 e. The van der Waals surface area contributed by atoms with Crippen LogP contribution < -0.4 is 14.8 Å². The molecule has 0 heterocycles. The van der Waals surface area contributed by atoms with E-state index >= 15 is 0 Å². The van der Waals surface area contributed by atoms with Crippen molar-refractivity contribution in [2.75, 3.05) is 12.4 Å². The van der Waals surface area contributed by atoms with Gasteiger partial charge in [-0.3, -0.25) is 4.79 Å². The summed E-state index contributed by atoms with van der Waals surface area (Å²) in [5, 5.41) is 12.6. The normalized spacial score (nSPS) is 10.9. The molecule has 0 fully saturated rings. The molecule has 0 radical (unpaired) electrons. The van der Waals surface area contributed by atoms with Crippen LogP contribution in [0.5, 0.6) is 11.5 Å². The van der Waals surface area contributed by atoms with Crippen LogP contribution in [0.4, 0.5) is 10.1 Å². The highest BCUT2D eigenvalue weighted by atomic mass is 35.5. The number of nitriles is 1. The zero-order valence-electron chi connectivity index (χ0n) is 18.8. The molecule has 0 aliphatic carbocycles. The van der Waals surface area contributed by atoms with Crippen LogP contribution in [0.1, 0.15) is 16.7 Å². The Morgan fingerprint density at radius 2 is 1.94 bits per heavy atom. The van der Waals surface area contributed by atoms with Crippen molar-refractivity contribution >= 4 is 40.9 Å². The first kappa shape index (κ1) is 25.8. The van der Waals surface area contributed by atoms with Crippen molar-refractivity contribution in [3.63, 3.8) is 0 Å². The van der Waals surface area contributed by atoms with Crippen LogP contribution in [0.15, 0.2) is 72.8 Å². The Morgan fingerprint density at radius 1 is 1.17 bits per heavy atom. The molecule has 178 valence electrons. The first-order valence-corrected chi connectivity index (χ1v) is 11.2. The van der Waals surface area contributed by atoms with E-state index in [1.165, 1.54) is 19.3 Å². The third kappa shape index (κ3) is 6.42. The summed E-state index contributed by atoms with van der Waals surface area (Å²) in [7, 11) is 1.47. The molecule has 0 unspecified atom stereocenters. The van der Waals surface area contributed by atoms with Gasteiger partial charge in [0.1, 0.15) is 24.1 Å². The zero-order valence-corrected chi connectivity index (χ0v) is 20.3. The molecule has 0 bridgehead atoms. The van der Waals surface area contributed by atoms with E-state index in [-0.39, 0.29) is 33.7 Å². The maximum Gasteiger partial charge on any atom is 0.266 e. The lowest BCUT2D eigenvalue weighted by Crippen LogP contribution is -2.13. The second-order valence-corrected chi connectivity index (χ2v) is 8.09. The van der Waals surface area contributed by atoms with Crippen molar-refractivity contribution in [3.8, 4) is 17.6 Å². The number of carbonyl (C=O) groups excluding carboxylic acids is 1. The van der Waals surface area contributed by atoms with Gasteiger partial charge < -0.3 is 14.8 Å². The monoisotopic (exact) mass is 510 g/mol. The number of hydrogen-bond donors (Lipinski definition) is 1. The summed E-state index contributed by atoms with van der Waals surface area (Å²) >= 11 is 12.1. The first-order chi connectivity index (χ1) is 16.9. The van der Waals surface area contributed by atoms with Crippen LogP contribution in [-0.2, 0) is 17.8 Å². The molecule has 0 aromatic heterocycles. The van der Waals surface area contributed by atoms with E-state index in [1.54, 1.807) is 54.6 Å².